The molecule has 8 heterocycles. The summed E-state index contributed by atoms with van der Waals surface area (Å²) in [4.78, 5) is 72.3. The number of imide groups is 1. The molecule has 10 rings (SSSR count). The van der Waals surface area contributed by atoms with Gasteiger partial charge in [-0.15, -0.1) is 0 Å². The molecule has 17 nitrogen and oxygen atoms in total. The van der Waals surface area contributed by atoms with Crippen molar-refractivity contribution in [3.63, 3.8) is 0 Å². The van der Waals surface area contributed by atoms with Crippen LogP contribution in [-0.2, 0) is 20.9 Å². The number of piperazine rings is 1. The van der Waals surface area contributed by atoms with Crippen molar-refractivity contribution in [3.8, 4) is 0 Å². The van der Waals surface area contributed by atoms with Crippen molar-refractivity contribution >= 4 is 46.6 Å². The Balaban J connectivity index is 0.644. The molecule has 3 aromatic rings. The average molecular weight is 953 g/mol. The molecule has 0 aliphatic carbocycles. The number of nitrogens with one attached hydrogen (secondary N) is 4. The number of anilines is 4. The Morgan fingerprint density at radius 3 is 2.29 bits per heavy atom. The summed E-state index contributed by atoms with van der Waals surface area (Å²) in [5, 5.41) is 23.4. The minimum atomic E-state index is -1.25. The van der Waals surface area contributed by atoms with Gasteiger partial charge in [0, 0.05) is 107 Å². The van der Waals surface area contributed by atoms with E-state index in [1.807, 2.05) is 12.1 Å². The summed E-state index contributed by atoms with van der Waals surface area (Å²) in [6.07, 6.45) is 4.85. The molecule has 6 fully saturated rings. The second-order valence-corrected chi connectivity index (χ2v) is 21.3. The number of aromatic nitrogens is 2. The maximum absolute atomic E-state index is 15.7. The molecule has 1 aromatic heterocycles. The molecule has 5 N–H and O–H groups in total. The van der Waals surface area contributed by atoms with Gasteiger partial charge in [-0.1, -0.05) is 26.0 Å². The molecule has 1 spiro atoms. The summed E-state index contributed by atoms with van der Waals surface area (Å²) in [7, 11) is 0. The lowest BCUT2D eigenvalue weighted by Gasteiger charge is -2.48. The summed E-state index contributed by atoms with van der Waals surface area (Å²) in [6, 6.07) is 9.01. The van der Waals surface area contributed by atoms with Gasteiger partial charge in [0.15, 0.2) is 6.23 Å². The topological polar surface area (TPSA) is 182 Å². The SMILES string of the molecule is CC1(C)CCN(Cc2cc(F)c(N3CC(=O)NC4(CCN(c5cc(NCCN6C[C@H]7CN(CCCNc8cccc9c8C(=O)N(C8CCC(=O)NC8=O)C9O)C[C@H]7C6)ncn5)CC4)C3)cc2F)CC1. The first-order valence-electron chi connectivity index (χ1n) is 24.9. The van der Waals surface area contributed by atoms with Crippen molar-refractivity contribution < 1.29 is 33.1 Å². The standard InChI is InChI=1S/C50H66F2N12O5/c1-49(2)9-16-59(17-10-49)24-32-21-37(52)40(22-36(32)51)63-29-44(66)58-50(30-63)11-18-62(19-12-50)42-23-41(55-31-56-42)54-14-20-61-27-33-25-60(26-34(33)28-61)15-4-13-53-38-6-3-5-35-45(38)48(69)64(47(35)68)39-7-8-43(65)57-46(39)67/h3,5-6,21-23,31,33-34,39,47,53,68H,4,7-20,24-30H2,1-2H3,(H,58,66)(H,54,55,56)(H,57,65,67)/t33-,34+,39?,47?. The van der Waals surface area contributed by atoms with E-state index < -0.39 is 41.3 Å². The van der Waals surface area contributed by atoms with Crippen LogP contribution >= 0.6 is 0 Å². The number of carbonyl (C=O) groups excluding carboxylic acids is 4. The molecule has 4 atom stereocenters. The van der Waals surface area contributed by atoms with Gasteiger partial charge < -0.3 is 40.7 Å². The van der Waals surface area contributed by atoms with Gasteiger partial charge in [0.05, 0.1) is 23.3 Å². The van der Waals surface area contributed by atoms with Crippen LogP contribution in [-0.4, -0.2) is 162 Å². The highest BCUT2D eigenvalue weighted by Gasteiger charge is 2.46. The number of hydrogen-bond donors (Lipinski definition) is 5. The molecule has 4 amide bonds. The van der Waals surface area contributed by atoms with E-state index in [0.717, 1.165) is 89.8 Å². The second-order valence-electron chi connectivity index (χ2n) is 21.3. The number of likely N-dealkylation sites (tertiary alicyclic amines) is 3. The van der Waals surface area contributed by atoms with E-state index in [1.54, 1.807) is 23.4 Å². The minimum Gasteiger partial charge on any atom is -0.384 e. The zero-order valence-corrected chi connectivity index (χ0v) is 39.8. The molecule has 0 bridgehead atoms. The van der Waals surface area contributed by atoms with Gasteiger partial charge in [-0.3, -0.25) is 34.3 Å². The fourth-order valence-electron chi connectivity index (χ4n) is 11.9. The highest BCUT2D eigenvalue weighted by atomic mass is 19.1. The molecular formula is C50H66F2N12O5. The Hall–Kier alpha value is -5.50. The largest absolute Gasteiger partial charge is 0.384 e. The fraction of sp³-hybridized carbons (Fsp3) is 0.600. The summed E-state index contributed by atoms with van der Waals surface area (Å²) < 4.78 is 31.2. The van der Waals surface area contributed by atoms with E-state index in [-0.39, 0.29) is 42.3 Å². The molecule has 0 radical (unpaired) electrons. The van der Waals surface area contributed by atoms with Gasteiger partial charge in [-0.2, -0.15) is 0 Å². The summed E-state index contributed by atoms with van der Waals surface area (Å²) in [6.45, 7) is 15.7. The predicted octanol–water partition coefficient (Wildman–Crippen LogP) is 3.38. The average Bonchev–Trinajstić information content (AvgIpc) is 3.96. The zero-order chi connectivity index (χ0) is 48.0. The smallest absolute Gasteiger partial charge is 0.259 e. The minimum absolute atomic E-state index is 0.0196. The number of piperidine rings is 3. The number of aliphatic hydroxyl groups is 1. The Labute approximate surface area is 402 Å². The Bertz CT molecular complexity index is 2430. The maximum Gasteiger partial charge on any atom is 0.259 e. The van der Waals surface area contributed by atoms with Crippen LogP contribution in [0.25, 0.3) is 0 Å². The fourth-order valence-corrected chi connectivity index (χ4v) is 11.9. The third-order valence-corrected chi connectivity index (χ3v) is 16.0. The molecule has 7 aliphatic heterocycles. The van der Waals surface area contributed by atoms with E-state index in [9.17, 15) is 24.3 Å². The van der Waals surface area contributed by atoms with Gasteiger partial charge >= 0.3 is 0 Å². The number of aliphatic hydroxyl groups excluding tert-OH is 1. The molecule has 370 valence electrons. The van der Waals surface area contributed by atoms with Crippen LogP contribution in [0.2, 0.25) is 0 Å². The van der Waals surface area contributed by atoms with E-state index in [4.69, 9.17) is 0 Å². The quantitative estimate of drug-likeness (QED) is 0.117. The monoisotopic (exact) mass is 953 g/mol. The number of benzene rings is 2. The Morgan fingerprint density at radius 1 is 0.812 bits per heavy atom. The lowest BCUT2D eigenvalue weighted by Crippen LogP contribution is -2.66. The summed E-state index contributed by atoms with van der Waals surface area (Å²) in [5.41, 5.74) is 1.69. The number of carbonyl (C=O) groups is 4. The van der Waals surface area contributed by atoms with Crippen LogP contribution in [0.4, 0.5) is 31.8 Å². The van der Waals surface area contributed by atoms with E-state index >= 15 is 8.78 Å². The molecule has 7 aliphatic rings. The maximum atomic E-state index is 15.7. The molecular weight excluding hydrogens is 887 g/mol. The normalized spacial score (nSPS) is 26.1. The molecule has 69 heavy (non-hydrogen) atoms. The number of nitrogens with zero attached hydrogens (tertiary/aromatic N) is 8. The highest BCUT2D eigenvalue weighted by Crippen LogP contribution is 2.40. The summed E-state index contributed by atoms with van der Waals surface area (Å²) in [5.74, 6) is 0.340. The third-order valence-electron chi connectivity index (χ3n) is 16.0. The lowest BCUT2D eigenvalue weighted by atomic mass is 9.82. The van der Waals surface area contributed by atoms with Crippen LogP contribution in [0, 0.1) is 28.9 Å². The van der Waals surface area contributed by atoms with Gasteiger partial charge in [-0.05, 0) is 87.5 Å². The molecule has 2 aromatic carbocycles. The van der Waals surface area contributed by atoms with Crippen molar-refractivity contribution in [2.24, 2.45) is 17.3 Å². The molecule has 0 saturated carbocycles. The van der Waals surface area contributed by atoms with Crippen molar-refractivity contribution in [1.29, 1.82) is 0 Å². The van der Waals surface area contributed by atoms with Crippen LogP contribution in [0.5, 0.6) is 0 Å². The van der Waals surface area contributed by atoms with Crippen LogP contribution in [0.15, 0.2) is 42.7 Å². The predicted molar refractivity (Wildman–Crippen MR) is 256 cm³/mol. The molecule has 19 heteroatoms. The van der Waals surface area contributed by atoms with Gasteiger partial charge in [0.25, 0.3) is 5.91 Å². The van der Waals surface area contributed by atoms with E-state index in [0.29, 0.717) is 79.8 Å². The van der Waals surface area contributed by atoms with E-state index in [1.165, 1.54) is 17.0 Å². The van der Waals surface area contributed by atoms with Crippen molar-refractivity contribution in [3.05, 3.63) is 71.1 Å². The van der Waals surface area contributed by atoms with Crippen LogP contribution in [0.3, 0.4) is 0 Å². The van der Waals surface area contributed by atoms with Crippen molar-refractivity contribution in [2.75, 3.05) is 112 Å². The lowest BCUT2D eigenvalue weighted by molar-refractivity contribution is -0.139. The van der Waals surface area contributed by atoms with Gasteiger partial charge in [0.1, 0.15) is 35.6 Å². The van der Waals surface area contributed by atoms with Gasteiger partial charge in [-0.25, -0.2) is 18.7 Å². The first kappa shape index (κ1) is 47.2. The zero-order valence-electron chi connectivity index (χ0n) is 39.8. The third kappa shape index (κ3) is 10.1. The number of amides is 4. The number of halogens is 2. The van der Waals surface area contributed by atoms with Crippen molar-refractivity contribution in [1.82, 2.24) is 40.2 Å². The Kier molecular flexibility index (Phi) is 13.2. The number of fused-ring (bicyclic) bond motifs is 2. The highest BCUT2D eigenvalue weighted by molar-refractivity contribution is 6.08. The second kappa shape index (κ2) is 19.4. The molecule has 2 unspecified atom stereocenters. The number of hydrogen-bond acceptors (Lipinski definition) is 14. The Morgan fingerprint density at radius 2 is 1.55 bits per heavy atom. The van der Waals surface area contributed by atoms with Gasteiger partial charge in [0.2, 0.25) is 17.7 Å². The van der Waals surface area contributed by atoms with E-state index in [2.05, 4.69) is 64.7 Å². The van der Waals surface area contributed by atoms with Crippen LogP contribution < -0.4 is 31.1 Å². The van der Waals surface area contributed by atoms with Crippen LogP contribution in [0.1, 0.15) is 86.5 Å². The first-order valence-corrected chi connectivity index (χ1v) is 24.9. The first-order chi connectivity index (χ1) is 33.2. The molecule has 6 saturated heterocycles. The summed E-state index contributed by atoms with van der Waals surface area (Å²) >= 11 is 0. The number of rotatable bonds is 14. The van der Waals surface area contributed by atoms with Crippen molar-refractivity contribution in [2.45, 2.75) is 83.1 Å².